The van der Waals surface area contributed by atoms with Gasteiger partial charge in [0.15, 0.2) is 0 Å². The number of hydrogen-bond acceptors (Lipinski definition) is 3. The summed E-state index contributed by atoms with van der Waals surface area (Å²) in [6.45, 7) is 10.5. The first kappa shape index (κ1) is 27.5. The second kappa shape index (κ2) is 15.0. The molecule has 5 nitrogen and oxygen atoms in total. The standard InChI is InChI=1S/C35H37N2.C13H8N3.Au/c1-24(2)30-8-7-9-31(25(3)4)35(30)37-23-36(32-10-5-6-11-33(32)37)34-22-28-17-16-26-12-14-27(15-13-26)18-20-29(34)21-19-28;1-3-7-11-9(5-1)14-13-15-10-6-2-4-8-12(10)16(11)13;/h5-15,19,21-25H,16-18,20H2,1-4H3;1-8H;/q2*-1;/i16D2,17D2,18D2,20D2;;. The van der Waals surface area contributed by atoms with E-state index in [-0.39, 0.29) is 62.2 Å². The van der Waals surface area contributed by atoms with Crippen LogP contribution in [0.15, 0.2) is 133 Å². The maximum absolute atomic E-state index is 9.28. The number of anilines is 4. The molecule has 1 aliphatic heterocycles. The third-order valence-electron chi connectivity index (χ3n) is 9.94. The van der Waals surface area contributed by atoms with E-state index in [1.54, 1.807) is 4.90 Å². The Morgan fingerprint density at radius 2 is 1.17 bits per heavy atom. The maximum atomic E-state index is 9.28. The number of para-hydroxylation sites is 7. The summed E-state index contributed by atoms with van der Waals surface area (Å²) in [5.74, 6) is 1.20. The Morgan fingerprint density at radius 1 is 0.593 bits per heavy atom. The number of aromatic nitrogens is 3. The van der Waals surface area contributed by atoms with Gasteiger partial charge in [0.1, 0.15) is 0 Å². The van der Waals surface area contributed by atoms with Crippen molar-refractivity contribution in [2.24, 2.45) is 0 Å². The van der Waals surface area contributed by atoms with Gasteiger partial charge in [0.2, 0.25) is 0 Å². The molecule has 4 bridgehead atoms. The molecule has 275 valence electrons. The van der Waals surface area contributed by atoms with Gasteiger partial charge in [0.05, 0.1) is 0 Å². The molecule has 6 heteroatoms. The van der Waals surface area contributed by atoms with E-state index in [4.69, 9.17) is 8.22 Å². The van der Waals surface area contributed by atoms with Crippen LogP contribution < -0.4 is 14.8 Å². The van der Waals surface area contributed by atoms with E-state index < -0.39 is 25.5 Å². The fraction of sp³-hybridized carbons (Fsp3) is 0.208. The van der Waals surface area contributed by atoms with Crippen LogP contribution in [0.1, 0.15) is 83.9 Å². The molecule has 6 aromatic carbocycles. The Morgan fingerprint density at radius 3 is 1.87 bits per heavy atom. The first-order chi connectivity index (χ1) is 28.9. The van der Waals surface area contributed by atoms with Crippen molar-refractivity contribution >= 4 is 50.6 Å². The van der Waals surface area contributed by atoms with E-state index in [1.807, 2.05) is 67.3 Å². The SMILES string of the molecule is [2H]C1([2H])c2ccc(cc2)C([2H])([2H])C([2H])([2H])c2ccc(cc2N2[CH-]N(c3c(C(C)C)cccc3C(C)C)c3ccccc32)C1([2H])[2H].[Au].c1ccc2c(c1)nc1[n-]c3ccccc3n12. The van der Waals surface area contributed by atoms with Gasteiger partial charge in [-0.3, -0.25) is 0 Å². The molecule has 0 saturated heterocycles. The second-order valence-electron chi connectivity index (χ2n) is 14.1. The minimum atomic E-state index is -2.55. The smallest absolute Gasteiger partial charge is 0.0345 e. The van der Waals surface area contributed by atoms with Crippen molar-refractivity contribution in [3.8, 4) is 0 Å². The van der Waals surface area contributed by atoms with Crippen LogP contribution in [0.3, 0.4) is 0 Å². The topological polar surface area (TPSA) is 37.9 Å². The molecule has 0 saturated carbocycles. The zero-order chi connectivity index (χ0) is 43.2. The van der Waals surface area contributed by atoms with Gasteiger partial charge in [-0.15, -0.1) is 6.67 Å². The van der Waals surface area contributed by atoms with E-state index in [2.05, 4.69) is 77.3 Å². The normalized spacial score (nSPS) is 19.6. The molecule has 0 unspecified atom stereocenters. The number of nitrogens with zero attached hydrogens (tertiary/aromatic N) is 5. The van der Waals surface area contributed by atoms with Gasteiger partial charge >= 0.3 is 0 Å². The van der Waals surface area contributed by atoms with Crippen LogP contribution in [0.2, 0.25) is 0 Å². The van der Waals surface area contributed by atoms with Crippen molar-refractivity contribution in [3.63, 3.8) is 0 Å². The Hall–Kier alpha value is -5.07. The van der Waals surface area contributed by atoms with Gasteiger partial charge < -0.3 is 24.2 Å². The molecule has 5 aliphatic rings. The number of fused-ring (bicyclic) bond motifs is 6. The number of rotatable bonds is 4. The van der Waals surface area contributed by atoms with Crippen molar-refractivity contribution in [1.29, 1.82) is 0 Å². The Kier molecular flexibility index (Phi) is 7.63. The first-order valence-electron chi connectivity index (χ1n) is 22.1. The van der Waals surface area contributed by atoms with Gasteiger partial charge in [-0.1, -0.05) is 143 Å². The predicted octanol–water partition coefficient (Wildman–Crippen LogP) is 11.8. The van der Waals surface area contributed by atoms with Gasteiger partial charge in [-0.25, -0.2) is 0 Å². The van der Waals surface area contributed by atoms with Crippen LogP contribution in [0.25, 0.3) is 27.8 Å². The Labute approximate surface area is 345 Å². The third-order valence-corrected chi connectivity index (χ3v) is 9.94. The molecule has 54 heavy (non-hydrogen) atoms. The number of benzene rings is 6. The van der Waals surface area contributed by atoms with E-state index in [0.717, 1.165) is 56.0 Å². The largest absolute Gasteiger partial charge is 0.473 e. The summed E-state index contributed by atoms with van der Waals surface area (Å²) in [5, 5.41) is 0. The van der Waals surface area contributed by atoms with Crippen molar-refractivity contribution in [2.45, 2.75) is 65.0 Å². The average Bonchev–Trinajstić information content (AvgIpc) is 3.93. The summed E-state index contributed by atoms with van der Waals surface area (Å²) in [4.78, 5) is 12.9. The fourth-order valence-electron chi connectivity index (χ4n) is 7.29. The zero-order valence-corrected chi connectivity index (χ0v) is 32.6. The van der Waals surface area contributed by atoms with E-state index in [0.29, 0.717) is 0 Å². The number of hydrogen-bond donors (Lipinski definition) is 0. The molecule has 2 aromatic heterocycles. The molecule has 0 fully saturated rings. The molecule has 0 atom stereocenters. The minimum Gasteiger partial charge on any atom is -0.473 e. The molecule has 8 aromatic rings. The molecule has 3 heterocycles. The molecule has 0 N–H and O–H groups in total. The summed E-state index contributed by atoms with van der Waals surface area (Å²) < 4.78 is 74.6. The van der Waals surface area contributed by atoms with E-state index in [9.17, 15) is 2.74 Å². The summed E-state index contributed by atoms with van der Waals surface area (Å²) in [7, 11) is 0. The Bertz CT molecular complexity index is 2860. The van der Waals surface area contributed by atoms with Crippen LogP contribution in [-0.2, 0) is 47.9 Å². The number of aryl methyl sites for hydroxylation is 4. The van der Waals surface area contributed by atoms with Crippen molar-refractivity contribution in [2.75, 3.05) is 9.80 Å². The average molecular weight is 897 g/mol. The monoisotopic (exact) mass is 896 g/mol. The molecule has 13 rings (SSSR count). The summed E-state index contributed by atoms with van der Waals surface area (Å²) >= 11 is 0. The Balaban J connectivity index is 0.000000257. The molecule has 1 radical (unpaired) electrons. The van der Waals surface area contributed by atoms with Gasteiger partial charge in [0.25, 0.3) is 0 Å². The quantitative estimate of drug-likeness (QED) is 0.130. The van der Waals surface area contributed by atoms with E-state index in [1.165, 1.54) is 42.5 Å². The van der Waals surface area contributed by atoms with Crippen LogP contribution in [-0.4, -0.2) is 9.38 Å². The van der Waals surface area contributed by atoms with Crippen LogP contribution >= 0.6 is 0 Å². The second-order valence-corrected chi connectivity index (χ2v) is 14.1. The van der Waals surface area contributed by atoms with Crippen molar-refractivity contribution < 1.29 is 33.3 Å². The first-order valence-corrected chi connectivity index (χ1v) is 18.1. The van der Waals surface area contributed by atoms with Crippen molar-refractivity contribution in [1.82, 2.24) is 14.4 Å². The summed E-state index contributed by atoms with van der Waals surface area (Å²) in [6, 6.07) is 40.0. The third kappa shape index (κ3) is 6.55. The van der Waals surface area contributed by atoms with Gasteiger partial charge in [0, 0.05) is 83.9 Å². The van der Waals surface area contributed by atoms with Gasteiger partial charge in [-0.05, 0) is 88.9 Å². The molecule has 4 aliphatic carbocycles. The summed E-state index contributed by atoms with van der Waals surface area (Å²) in [6.07, 6.45) is -10.0. The predicted molar refractivity (Wildman–Crippen MR) is 221 cm³/mol. The molecular weight excluding hydrogens is 844 g/mol. The summed E-state index contributed by atoms with van der Waals surface area (Å²) in [5.41, 5.74) is 9.51. The molecular formula is C48H45AuN5-2. The fourth-order valence-corrected chi connectivity index (χ4v) is 7.29. The molecule has 0 amide bonds. The van der Waals surface area contributed by atoms with Crippen LogP contribution in [0, 0.1) is 6.67 Å². The van der Waals surface area contributed by atoms with E-state index >= 15 is 0 Å². The molecule has 0 spiro atoms. The number of imidazole rings is 2. The van der Waals surface area contributed by atoms with Gasteiger partial charge in [-0.2, -0.15) is 0 Å². The minimum absolute atomic E-state index is 0. The zero-order valence-electron chi connectivity index (χ0n) is 38.5. The maximum Gasteiger partial charge on any atom is 0.0345 e. The van der Waals surface area contributed by atoms with Crippen molar-refractivity contribution in [3.05, 3.63) is 174 Å². The van der Waals surface area contributed by atoms with Crippen LogP contribution in [0.4, 0.5) is 22.7 Å². The van der Waals surface area contributed by atoms with Crippen LogP contribution in [0.5, 0.6) is 0 Å².